The van der Waals surface area contributed by atoms with E-state index in [1.807, 2.05) is 0 Å². The standard InChI is InChI=1S/C12H15NO3/c1-2-16-12(15)11-10-4-3-9(14)7-8(10)5-6-13-11/h3-4,7,11,13-14H,2,5-6H2,1H3/t11-/m0/s1. The van der Waals surface area contributed by atoms with Crippen molar-refractivity contribution in [3.8, 4) is 5.75 Å². The third-order valence-corrected chi connectivity index (χ3v) is 2.70. The largest absolute Gasteiger partial charge is 0.508 e. The fourth-order valence-electron chi connectivity index (χ4n) is 1.99. The fraction of sp³-hybridized carbons (Fsp3) is 0.417. The van der Waals surface area contributed by atoms with Crippen molar-refractivity contribution in [3.63, 3.8) is 0 Å². The summed E-state index contributed by atoms with van der Waals surface area (Å²) in [7, 11) is 0. The zero-order valence-electron chi connectivity index (χ0n) is 9.19. The molecule has 0 bridgehead atoms. The Morgan fingerprint density at radius 2 is 2.44 bits per heavy atom. The van der Waals surface area contributed by atoms with Gasteiger partial charge < -0.3 is 15.2 Å². The highest BCUT2D eigenvalue weighted by Crippen LogP contribution is 2.26. The zero-order valence-corrected chi connectivity index (χ0v) is 9.19. The van der Waals surface area contributed by atoms with Crippen molar-refractivity contribution in [2.45, 2.75) is 19.4 Å². The van der Waals surface area contributed by atoms with E-state index in [0.29, 0.717) is 6.61 Å². The number of ether oxygens (including phenoxy) is 1. The number of fused-ring (bicyclic) bond motifs is 1. The molecular weight excluding hydrogens is 206 g/mol. The fourth-order valence-corrected chi connectivity index (χ4v) is 1.99. The van der Waals surface area contributed by atoms with Gasteiger partial charge in [0.05, 0.1) is 6.61 Å². The number of esters is 1. The second kappa shape index (κ2) is 4.53. The van der Waals surface area contributed by atoms with E-state index in [0.717, 1.165) is 24.1 Å². The van der Waals surface area contributed by atoms with Crippen molar-refractivity contribution in [3.05, 3.63) is 29.3 Å². The lowest BCUT2D eigenvalue weighted by molar-refractivity contribution is -0.146. The summed E-state index contributed by atoms with van der Waals surface area (Å²) in [6, 6.07) is 4.68. The van der Waals surface area contributed by atoms with Gasteiger partial charge in [0, 0.05) is 6.54 Å². The number of benzene rings is 1. The van der Waals surface area contributed by atoms with Gasteiger partial charge in [-0.1, -0.05) is 6.07 Å². The molecule has 1 heterocycles. The number of aromatic hydroxyl groups is 1. The molecule has 1 aliphatic rings. The first-order chi connectivity index (χ1) is 7.72. The zero-order chi connectivity index (χ0) is 11.5. The summed E-state index contributed by atoms with van der Waals surface area (Å²) in [6.45, 7) is 2.89. The minimum absolute atomic E-state index is 0.239. The summed E-state index contributed by atoms with van der Waals surface area (Å²) in [4.78, 5) is 11.7. The van der Waals surface area contributed by atoms with Crippen molar-refractivity contribution < 1.29 is 14.6 Å². The van der Waals surface area contributed by atoms with Crippen molar-refractivity contribution in [2.75, 3.05) is 13.2 Å². The van der Waals surface area contributed by atoms with Gasteiger partial charge in [-0.05, 0) is 36.6 Å². The monoisotopic (exact) mass is 221 g/mol. The summed E-state index contributed by atoms with van der Waals surface area (Å²) < 4.78 is 5.00. The molecule has 0 saturated carbocycles. The lowest BCUT2D eigenvalue weighted by Gasteiger charge is -2.25. The molecule has 1 atom stereocenters. The number of nitrogens with one attached hydrogen (secondary N) is 1. The molecule has 0 amide bonds. The van der Waals surface area contributed by atoms with Crippen LogP contribution in [0.1, 0.15) is 24.1 Å². The lowest BCUT2D eigenvalue weighted by Crippen LogP contribution is -2.36. The topological polar surface area (TPSA) is 58.6 Å². The van der Waals surface area contributed by atoms with Crippen LogP contribution >= 0.6 is 0 Å². The number of rotatable bonds is 2. The third kappa shape index (κ3) is 2.02. The molecule has 16 heavy (non-hydrogen) atoms. The molecule has 2 N–H and O–H groups in total. The highest BCUT2D eigenvalue weighted by Gasteiger charge is 2.27. The SMILES string of the molecule is CCOC(=O)[C@H]1NCCc2cc(O)ccc21. The van der Waals surface area contributed by atoms with Crippen LogP contribution in [0.15, 0.2) is 18.2 Å². The molecule has 0 fully saturated rings. The van der Waals surface area contributed by atoms with Crippen LogP contribution in [0.25, 0.3) is 0 Å². The molecule has 1 aliphatic heterocycles. The van der Waals surface area contributed by atoms with E-state index in [2.05, 4.69) is 5.32 Å². The van der Waals surface area contributed by atoms with Gasteiger partial charge in [0.25, 0.3) is 0 Å². The molecule has 0 aromatic heterocycles. The van der Waals surface area contributed by atoms with Crippen molar-refractivity contribution in [1.82, 2.24) is 5.32 Å². The summed E-state index contributed by atoms with van der Waals surface area (Å²) in [5, 5.41) is 12.5. The molecule has 4 nitrogen and oxygen atoms in total. The van der Waals surface area contributed by atoms with Crippen LogP contribution < -0.4 is 5.32 Å². The summed E-state index contributed by atoms with van der Waals surface area (Å²) in [5.41, 5.74) is 1.92. The predicted octanol–water partition coefficient (Wildman–Crippen LogP) is 1.14. The third-order valence-electron chi connectivity index (χ3n) is 2.70. The van der Waals surface area contributed by atoms with Crippen LogP contribution in [0.4, 0.5) is 0 Å². The van der Waals surface area contributed by atoms with E-state index >= 15 is 0 Å². The quantitative estimate of drug-likeness (QED) is 0.735. The Labute approximate surface area is 94.2 Å². The molecule has 1 aromatic rings. The average molecular weight is 221 g/mol. The van der Waals surface area contributed by atoms with Crippen molar-refractivity contribution in [1.29, 1.82) is 0 Å². The van der Waals surface area contributed by atoms with E-state index in [9.17, 15) is 9.90 Å². The molecule has 4 heteroatoms. The van der Waals surface area contributed by atoms with Crippen molar-refractivity contribution in [2.24, 2.45) is 0 Å². The van der Waals surface area contributed by atoms with Crippen LogP contribution in [0.2, 0.25) is 0 Å². The first kappa shape index (κ1) is 11.0. The lowest BCUT2D eigenvalue weighted by atomic mass is 9.94. The van der Waals surface area contributed by atoms with E-state index < -0.39 is 6.04 Å². The number of carbonyl (C=O) groups is 1. The van der Waals surface area contributed by atoms with Gasteiger partial charge in [0.2, 0.25) is 0 Å². The maximum atomic E-state index is 11.7. The van der Waals surface area contributed by atoms with E-state index in [4.69, 9.17) is 4.74 Å². The normalized spacial score (nSPS) is 18.9. The van der Waals surface area contributed by atoms with E-state index in [1.54, 1.807) is 25.1 Å². The minimum atomic E-state index is -0.399. The Bertz CT molecular complexity index is 403. The summed E-state index contributed by atoms with van der Waals surface area (Å²) in [5.74, 6) is -0.0163. The molecule has 0 spiro atoms. The Morgan fingerprint density at radius 1 is 1.62 bits per heavy atom. The molecule has 1 aromatic carbocycles. The van der Waals surface area contributed by atoms with Gasteiger partial charge in [-0.15, -0.1) is 0 Å². The second-order valence-corrected chi connectivity index (χ2v) is 3.77. The number of phenols is 1. The van der Waals surface area contributed by atoms with Gasteiger partial charge in [0.15, 0.2) is 0 Å². The Kier molecular flexibility index (Phi) is 3.10. The molecule has 2 rings (SSSR count). The summed E-state index contributed by atoms with van der Waals surface area (Å²) >= 11 is 0. The maximum Gasteiger partial charge on any atom is 0.327 e. The van der Waals surface area contributed by atoms with Crippen LogP contribution in [0.3, 0.4) is 0 Å². The van der Waals surface area contributed by atoms with Gasteiger partial charge >= 0.3 is 5.97 Å². The van der Waals surface area contributed by atoms with Gasteiger partial charge in [-0.25, -0.2) is 4.79 Å². The van der Waals surface area contributed by atoms with Gasteiger partial charge in [-0.2, -0.15) is 0 Å². The summed E-state index contributed by atoms with van der Waals surface area (Å²) in [6.07, 6.45) is 0.819. The number of hydrogen-bond donors (Lipinski definition) is 2. The molecule has 0 saturated heterocycles. The number of hydrogen-bond acceptors (Lipinski definition) is 4. The van der Waals surface area contributed by atoms with Crippen LogP contribution in [0, 0.1) is 0 Å². The Hall–Kier alpha value is -1.55. The van der Waals surface area contributed by atoms with Gasteiger partial charge in [-0.3, -0.25) is 0 Å². The van der Waals surface area contributed by atoms with Crippen LogP contribution in [-0.2, 0) is 16.0 Å². The predicted molar refractivity (Wildman–Crippen MR) is 59.2 cm³/mol. The van der Waals surface area contributed by atoms with Gasteiger partial charge in [0.1, 0.15) is 11.8 Å². The second-order valence-electron chi connectivity index (χ2n) is 3.77. The molecule has 0 unspecified atom stereocenters. The highest BCUT2D eigenvalue weighted by molar-refractivity contribution is 5.78. The molecule has 0 radical (unpaired) electrons. The minimum Gasteiger partial charge on any atom is -0.508 e. The molecular formula is C12H15NO3. The number of phenolic OH excluding ortho intramolecular Hbond substituents is 1. The molecule has 0 aliphatic carbocycles. The first-order valence-corrected chi connectivity index (χ1v) is 5.44. The average Bonchev–Trinajstić information content (AvgIpc) is 2.28. The smallest absolute Gasteiger partial charge is 0.327 e. The molecule has 86 valence electrons. The van der Waals surface area contributed by atoms with Crippen LogP contribution in [0.5, 0.6) is 5.75 Å². The highest BCUT2D eigenvalue weighted by atomic mass is 16.5. The Balaban J connectivity index is 2.29. The van der Waals surface area contributed by atoms with E-state index in [1.165, 1.54) is 0 Å². The van der Waals surface area contributed by atoms with Crippen LogP contribution in [-0.4, -0.2) is 24.2 Å². The maximum absolute atomic E-state index is 11.7. The first-order valence-electron chi connectivity index (χ1n) is 5.44. The Morgan fingerprint density at radius 3 is 3.19 bits per heavy atom. The van der Waals surface area contributed by atoms with Crippen molar-refractivity contribution >= 4 is 5.97 Å². The van der Waals surface area contributed by atoms with E-state index in [-0.39, 0.29) is 11.7 Å². The number of carbonyl (C=O) groups excluding carboxylic acids is 1.